The summed E-state index contributed by atoms with van der Waals surface area (Å²) in [5, 5.41) is 3.56. The number of hydrogen-bond acceptors (Lipinski definition) is 3. The molecule has 1 aromatic carbocycles. The molecule has 4 nitrogen and oxygen atoms in total. The van der Waals surface area contributed by atoms with Crippen molar-refractivity contribution < 1.29 is 8.42 Å². The zero-order valence-corrected chi connectivity index (χ0v) is 14.0. The second-order valence-electron chi connectivity index (χ2n) is 4.89. The van der Waals surface area contributed by atoms with Crippen molar-refractivity contribution >= 4 is 34.0 Å². The molecule has 0 saturated carbocycles. The maximum atomic E-state index is 12.6. The number of sulfonamides is 1. The fourth-order valence-electron chi connectivity index (χ4n) is 2.34. The van der Waals surface area contributed by atoms with Crippen molar-refractivity contribution in [3.8, 4) is 0 Å². The van der Waals surface area contributed by atoms with Crippen LogP contribution in [0.3, 0.4) is 0 Å². The Morgan fingerprint density at radius 2 is 1.90 bits per heavy atom. The van der Waals surface area contributed by atoms with Gasteiger partial charge in [-0.25, -0.2) is 8.42 Å². The molecule has 1 saturated heterocycles. The molecule has 20 heavy (non-hydrogen) atoms. The maximum Gasteiger partial charge on any atom is 0.244 e. The van der Waals surface area contributed by atoms with E-state index in [1.165, 1.54) is 4.31 Å². The summed E-state index contributed by atoms with van der Waals surface area (Å²) in [5.74, 6) is 0. The summed E-state index contributed by atoms with van der Waals surface area (Å²) in [6.07, 6.45) is 1.67. The first-order valence-electron chi connectivity index (χ1n) is 6.38. The molecule has 114 valence electrons. The molecule has 0 amide bonds. The Balaban J connectivity index is 0.00000200. The van der Waals surface area contributed by atoms with Crippen molar-refractivity contribution in [2.75, 3.05) is 20.1 Å². The van der Waals surface area contributed by atoms with E-state index in [2.05, 4.69) is 5.32 Å². The SMILES string of the molecule is Cc1cccc(S(=O)(=O)N(C)C2CCNCC2)c1Cl.Cl. The van der Waals surface area contributed by atoms with Gasteiger partial charge >= 0.3 is 0 Å². The lowest BCUT2D eigenvalue weighted by atomic mass is 10.1. The lowest BCUT2D eigenvalue weighted by Crippen LogP contribution is -2.43. The Morgan fingerprint density at radius 3 is 2.50 bits per heavy atom. The van der Waals surface area contributed by atoms with Gasteiger partial charge in [-0.2, -0.15) is 4.31 Å². The summed E-state index contributed by atoms with van der Waals surface area (Å²) in [5.41, 5.74) is 0.779. The van der Waals surface area contributed by atoms with E-state index in [0.29, 0.717) is 5.02 Å². The van der Waals surface area contributed by atoms with Crippen molar-refractivity contribution in [3.05, 3.63) is 28.8 Å². The van der Waals surface area contributed by atoms with Crippen molar-refractivity contribution in [1.82, 2.24) is 9.62 Å². The molecule has 7 heteroatoms. The topological polar surface area (TPSA) is 49.4 Å². The van der Waals surface area contributed by atoms with Crippen LogP contribution >= 0.6 is 24.0 Å². The Kier molecular flexibility index (Phi) is 6.28. The van der Waals surface area contributed by atoms with Crippen molar-refractivity contribution in [3.63, 3.8) is 0 Å². The summed E-state index contributed by atoms with van der Waals surface area (Å²) in [7, 11) is -1.88. The Labute approximate surface area is 132 Å². The van der Waals surface area contributed by atoms with Gasteiger partial charge in [0.1, 0.15) is 4.90 Å². The molecule has 2 rings (SSSR count). The van der Waals surface area contributed by atoms with Crippen LogP contribution in [0.2, 0.25) is 5.02 Å². The largest absolute Gasteiger partial charge is 0.317 e. The van der Waals surface area contributed by atoms with Crippen molar-refractivity contribution in [2.45, 2.75) is 30.7 Å². The maximum absolute atomic E-state index is 12.6. The van der Waals surface area contributed by atoms with Crippen LogP contribution in [0.5, 0.6) is 0 Å². The third-order valence-corrected chi connectivity index (χ3v) is 6.20. The number of nitrogens with zero attached hydrogens (tertiary/aromatic N) is 1. The number of hydrogen-bond donors (Lipinski definition) is 1. The molecule has 0 unspecified atom stereocenters. The summed E-state index contributed by atoms with van der Waals surface area (Å²) in [6.45, 7) is 3.52. The second kappa shape index (κ2) is 7.09. The number of piperidine rings is 1. The number of aryl methyl sites for hydroxylation is 1. The van der Waals surface area contributed by atoms with Gasteiger partial charge in [-0.3, -0.25) is 0 Å². The number of benzene rings is 1. The molecule has 1 heterocycles. The molecule has 0 bridgehead atoms. The average molecular weight is 339 g/mol. The fraction of sp³-hybridized carbons (Fsp3) is 0.538. The summed E-state index contributed by atoms with van der Waals surface area (Å²) in [4.78, 5) is 0.204. The molecule has 1 aliphatic heterocycles. The average Bonchev–Trinajstić information content (AvgIpc) is 2.41. The fourth-order valence-corrected chi connectivity index (χ4v) is 4.31. The molecule has 0 aromatic heterocycles. The highest BCUT2D eigenvalue weighted by atomic mass is 35.5. The quantitative estimate of drug-likeness (QED) is 0.920. The highest BCUT2D eigenvalue weighted by Gasteiger charge is 2.30. The van der Waals surface area contributed by atoms with Crippen LogP contribution < -0.4 is 5.32 Å². The predicted molar refractivity (Wildman–Crippen MR) is 84.3 cm³/mol. The molecule has 0 spiro atoms. The molecule has 0 aliphatic carbocycles. The molecular formula is C13H20Cl2N2O2S. The number of rotatable bonds is 3. The van der Waals surface area contributed by atoms with Gasteiger partial charge in [0.15, 0.2) is 0 Å². The first-order valence-corrected chi connectivity index (χ1v) is 8.20. The predicted octanol–water partition coefficient (Wildman–Crippen LogP) is 2.44. The van der Waals surface area contributed by atoms with Gasteiger partial charge < -0.3 is 5.32 Å². The minimum atomic E-state index is -3.52. The Bertz CT molecular complexity index is 557. The molecule has 1 aromatic rings. The smallest absolute Gasteiger partial charge is 0.244 e. The van der Waals surface area contributed by atoms with Gasteiger partial charge in [0, 0.05) is 13.1 Å². The van der Waals surface area contributed by atoms with Crippen LogP contribution in [0, 0.1) is 6.92 Å². The van der Waals surface area contributed by atoms with Gasteiger partial charge in [-0.1, -0.05) is 23.7 Å². The summed E-state index contributed by atoms with van der Waals surface area (Å²) >= 11 is 6.14. The third-order valence-electron chi connectivity index (χ3n) is 3.64. The van der Waals surface area contributed by atoms with E-state index >= 15 is 0 Å². The van der Waals surface area contributed by atoms with E-state index in [4.69, 9.17) is 11.6 Å². The minimum Gasteiger partial charge on any atom is -0.317 e. The van der Waals surface area contributed by atoms with E-state index < -0.39 is 10.0 Å². The van der Waals surface area contributed by atoms with E-state index in [1.54, 1.807) is 19.2 Å². The standard InChI is InChI=1S/C13H19ClN2O2S.ClH/c1-10-4-3-5-12(13(10)14)19(17,18)16(2)11-6-8-15-9-7-11;/h3-5,11,15H,6-9H2,1-2H3;1H. The highest BCUT2D eigenvalue weighted by molar-refractivity contribution is 7.89. The van der Waals surface area contributed by atoms with Crippen LogP contribution in [0.25, 0.3) is 0 Å². The lowest BCUT2D eigenvalue weighted by Gasteiger charge is -2.31. The van der Waals surface area contributed by atoms with Gasteiger partial charge in [-0.15, -0.1) is 12.4 Å². The molecule has 0 radical (unpaired) electrons. The van der Waals surface area contributed by atoms with Crippen LogP contribution in [-0.2, 0) is 10.0 Å². The molecule has 1 fully saturated rings. The monoisotopic (exact) mass is 338 g/mol. The van der Waals surface area contributed by atoms with Gasteiger partial charge in [0.25, 0.3) is 0 Å². The Hall–Kier alpha value is -0.330. The second-order valence-corrected chi connectivity index (χ2v) is 7.23. The minimum absolute atomic E-state index is 0. The van der Waals surface area contributed by atoms with Crippen LogP contribution in [0.4, 0.5) is 0 Å². The zero-order valence-electron chi connectivity index (χ0n) is 11.6. The molecule has 0 atom stereocenters. The molecule has 1 N–H and O–H groups in total. The van der Waals surface area contributed by atoms with Crippen LogP contribution in [0.15, 0.2) is 23.1 Å². The Morgan fingerprint density at radius 1 is 1.30 bits per heavy atom. The lowest BCUT2D eigenvalue weighted by molar-refractivity contribution is 0.296. The van der Waals surface area contributed by atoms with Gasteiger partial charge in [0.05, 0.1) is 5.02 Å². The van der Waals surface area contributed by atoms with E-state index in [0.717, 1.165) is 31.5 Å². The third kappa shape index (κ3) is 3.46. The number of halogens is 2. The van der Waals surface area contributed by atoms with Crippen molar-refractivity contribution in [1.29, 1.82) is 0 Å². The highest BCUT2D eigenvalue weighted by Crippen LogP contribution is 2.28. The van der Waals surface area contributed by atoms with E-state index in [-0.39, 0.29) is 23.3 Å². The normalized spacial score (nSPS) is 17.0. The number of nitrogens with one attached hydrogen (secondary N) is 1. The van der Waals surface area contributed by atoms with Gasteiger partial charge in [0.2, 0.25) is 10.0 Å². The first kappa shape index (κ1) is 17.7. The molecule has 1 aliphatic rings. The van der Waals surface area contributed by atoms with Gasteiger partial charge in [-0.05, 0) is 44.5 Å². The zero-order chi connectivity index (χ0) is 14.0. The molecular weight excluding hydrogens is 319 g/mol. The summed E-state index contributed by atoms with van der Waals surface area (Å²) < 4.78 is 26.7. The van der Waals surface area contributed by atoms with E-state index in [9.17, 15) is 8.42 Å². The van der Waals surface area contributed by atoms with Crippen LogP contribution in [0.1, 0.15) is 18.4 Å². The van der Waals surface area contributed by atoms with E-state index in [1.807, 2.05) is 13.0 Å². The first-order chi connectivity index (χ1) is 8.94. The van der Waals surface area contributed by atoms with Crippen molar-refractivity contribution in [2.24, 2.45) is 0 Å². The summed E-state index contributed by atoms with van der Waals surface area (Å²) in [6, 6.07) is 5.15. The van der Waals surface area contributed by atoms with Crippen LogP contribution in [-0.4, -0.2) is 38.9 Å².